The summed E-state index contributed by atoms with van der Waals surface area (Å²) in [4.78, 5) is 83.4. The lowest BCUT2D eigenvalue weighted by molar-refractivity contribution is -0.916. The molecule has 2 aliphatic carbocycles. The number of aliphatic hydroxyl groups is 4. The highest BCUT2D eigenvalue weighted by Gasteiger charge is 2.50. The van der Waals surface area contributed by atoms with Crippen LogP contribution in [-0.2, 0) is 139 Å². The van der Waals surface area contributed by atoms with E-state index in [1.807, 2.05) is 65.3 Å². The van der Waals surface area contributed by atoms with Gasteiger partial charge in [0.25, 0.3) is 21.9 Å². The van der Waals surface area contributed by atoms with Crippen molar-refractivity contribution in [2.45, 2.75) is 152 Å². The van der Waals surface area contributed by atoms with Crippen molar-refractivity contribution in [2.24, 2.45) is 27.7 Å². The first kappa shape index (κ1) is 112. The third-order valence-corrected chi connectivity index (χ3v) is 29.0. The summed E-state index contributed by atoms with van der Waals surface area (Å²) in [6, 6.07) is 25.1. The van der Waals surface area contributed by atoms with Crippen molar-refractivity contribution in [3.8, 4) is 52.1 Å². The average Bonchev–Trinajstić information content (AvgIpc) is 1.64. The molecular weight excluding hydrogens is 1990 g/mol. The molecule has 1 saturated carbocycles. The molecule has 0 bridgehead atoms. The summed E-state index contributed by atoms with van der Waals surface area (Å²) in [6.07, 6.45) is -0.644. The van der Waals surface area contributed by atoms with Gasteiger partial charge < -0.3 is 134 Å². The maximum absolute atomic E-state index is 14.3. The van der Waals surface area contributed by atoms with Crippen LogP contribution >= 0.6 is 22.7 Å². The van der Waals surface area contributed by atoms with Crippen LogP contribution in [0.25, 0.3) is 0 Å². The number of ketones is 2. The third-order valence-electron chi connectivity index (χ3n) is 25.5. The second-order valence-electron chi connectivity index (χ2n) is 36.7. The molecule has 5 aromatic carbocycles. The largest absolute Gasteiger partial charge is 0.501 e. The lowest BCUT2D eigenvalue weighted by Crippen LogP contribution is -2.60. The number of methoxy groups -OCH3 is 2. The van der Waals surface area contributed by atoms with Gasteiger partial charge in [0, 0.05) is 116 Å². The molecule has 2 aromatic heterocycles. The van der Waals surface area contributed by atoms with Gasteiger partial charge in [-0.2, -0.15) is 8.42 Å². The van der Waals surface area contributed by atoms with Crippen LogP contribution in [-0.4, -0.2) is 339 Å². The smallest absolute Gasteiger partial charge is 0.493 e. The Morgan fingerprint density at radius 3 is 1.44 bits per heavy atom. The second kappa shape index (κ2) is 56.0. The second-order valence-corrected chi connectivity index (χ2v) is 41.4. The number of aliphatic hydroxyl groups excluding tert-OH is 4. The molecule has 7 heterocycles. The zero-order valence-corrected chi connectivity index (χ0v) is 86.1. The van der Waals surface area contributed by atoms with Gasteiger partial charge in [-0.05, 0) is 161 Å². The number of fused-ring (bicyclic) bond motifs is 7. The highest BCUT2D eigenvalue weighted by molar-refractivity contribution is 7.85. The molecule has 11 atom stereocenters. The number of nitrogens with one attached hydrogen (secondary N) is 1. The van der Waals surface area contributed by atoms with Gasteiger partial charge >= 0.3 is 16.5 Å². The Hall–Kier alpha value is -10.3. The highest BCUT2D eigenvalue weighted by atomic mass is 32.3. The minimum absolute atomic E-state index is 0.00175. The van der Waals surface area contributed by atoms with E-state index in [1.165, 1.54) is 48.2 Å². The molecule has 40 nitrogen and oxygen atoms in total. The first-order chi connectivity index (χ1) is 71.2. The molecular formula is C103H131N6O34S4+. The third kappa shape index (κ3) is 33.9. The van der Waals surface area contributed by atoms with Gasteiger partial charge in [0.1, 0.15) is 68.3 Å². The van der Waals surface area contributed by atoms with Crippen LogP contribution in [0.15, 0.2) is 118 Å². The van der Waals surface area contributed by atoms with Crippen molar-refractivity contribution < 1.29 is 164 Å². The van der Waals surface area contributed by atoms with Crippen LogP contribution in [0.3, 0.4) is 0 Å². The number of Topliss-reactive ketones (excluding diaryl/α,β-unsaturated/α-hetero) is 2. The molecule has 1 saturated heterocycles. The van der Waals surface area contributed by atoms with E-state index in [0.717, 1.165) is 65.1 Å². The lowest BCUT2D eigenvalue weighted by Gasteiger charge is -2.39. The van der Waals surface area contributed by atoms with Crippen molar-refractivity contribution in [3.63, 3.8) is 0 Å². The number of carbonyl (C=O) groups excluding carboxylic acids is 5. The number of benzene rings is 5. The number of nitrogens with zero attached hydrogens (tertiary/aromatic N) is 5. The van der Waals surface area contributed by atoms with Crippen LogP contribution in [0.2, 0.25) is 0 Å². The maximum atomic E-state index is 14.3. The van der Waals surface area contributed by atoms with E-state index in [-0.39, 0.29) is 132 Å². The summed E-state index contributed by atoms with van der Waals surface area (Å²) in [5.41, 5.74) is 7.19. The van der Waals surface area contributed by atoms with E-state index in [9.17, 15) is 65.8 Å². The standard InChI is InChI=1S/C103H130N6O34S4/c1-109(2,62-69-47-70(64-137-91-55-83-80(53-89(91)124-3)100(116)107-59-73-21-45-144-95(73)51-75(107)57-104-83)49-71(48-69)65-138-92-56-84-81(54-90(92)125-4)101(117)108-60-74-22-46-145-96(74)52-76(108)58-105-84)61-68-15-18-77(19-16-68)142-147(122,123)143-93-50-72(17-20-88(93)140-102-99(115)98(114)97(113)94(63-110)141-102)86(111)13-9-23-126-25-27-128-29-31-130-33-35-132-37-39-134-41-43-136-44-42-135-40-38-133-36-34-131-32-30-129-28-26-127-24-10-14-87(112)85(67-146(119,120)121)106-103(118)139-66-82-78-11-7-5-6-8-12-79(78)82/h15-22,45-50,53-58,75-76,78-79,82,85,94,97-99,102,110,113-115H,7-14,23-44,51-52,59-67H2,1-4H3,(H-,106,118,119,120,121)/p+1/t75-,76-,78-,79+,82?,85+,94+,97-,98-,99+,102?/m0/s1. The number of carbonyl (C=O) groups is 5. The summed E-state index contributed by atoms with van der Waals surface area (Å²) in [5.74, 6) is 5.46. The molecule has 7 aromatic rings. The summed E-state index contributed by atoms with van der Waals surface area (Å²) in [6.45, 7) is 8.49. The molecule has 44 heteroatoms. The monoisotopic (exact) mass is 2120 g/mol. The van der Waals surface area contributed by atoms with Gasteiger partial charge in [-0.1, -0.05) is 0 Å². The van der Waals surface area contributed by atoms with Crippen LogP contribution in [0, 0.1) is 29.6 Å². The maximum Gasteiger partial charge on any atom is 0.501 e. The molecule has 0 spiro atoms. The van der Waals surface area contributed by atoms with Gasteiger partial charge in [0.2, 0.25) is 6.29 Å². The molecule has 14 rings (SSSR count). The van der Waals surface area contributed by atoms with Crippen LogP contribution in [0.5, 0.6) is 40.2 Å². The molecule has 147 heavy (non-hydrogen) atoms. The predicted octanol–water partition coefficient (Wildman–Crippen LogP) is 9.13. The van der Waals surface area contributed by atoms with E-state index >= 15 is 0 Å². The van der Waals surface area contributed by atoms with Gasteiger partial charge in [0.05, 0.1) is 208 Å². The van der Waals surface area contributed by atoms with E-state index in [1.54, 1.807) is 59.1 Å². The number of aliphatic imine (C=N–C) groups is 2. The molecule has 800 valence electrons. The Labute approximate surface area is 862 Å². The summed E-state index contributed by atoms with van der Waals surface area (Å²) >= 11 is 3.35. The summed E-state index contributed by atoms with van der Waals surface area (Å²) < 4.78 is 175. The van der Waals surface area contributed by atoms with Crippen molar-refractivity contribution in [2.75, 3.05) is 193 Å². The molecule has 5 aliphatic heterocycles. The van der Waals surface area contributed by atoms with Crippen molar-refractivity contribution in [1.29, 1.82) is 0 Å². The van der Waals surface area contributed by atoms with Crippen molar-refractivity contribution in [1.82, 2.24) is 15.1 Å². The fraction of sp³-hybridized carbons (Fsp3) is 0.544. The Bertz CT molecular complexity index is 5700. The first-order valence-corrected chi connectivity index (χ1v) is 53.9. The van der Waals surface area contributed by atoms with Crippen molar-refractivity contribution in [3.05, 3.63) is 168 Å². The Balaban J connectivity index is 0.459. The minimum atomic E-state index is -5.07. The highest BCUT2D eigenvalue weighted by Crippen LogP contribution is 2.53. The molecule has 7 aliphatic rings. The van der Waals surface area contributed by atoms with Crippen molar-refractivity contribution >= 4 is 96.5 Å². The number of thiophene rings is 2. The zero-order chi connectivity index (χ0) is 104. The summed E-state index contributed by atoms with van der Waals surface area (Å²) in [5, 5.41) is 48.4. The quantitative estimate of drug-likeness (QED) is 0.00680. The zero-order valence-electron chi connectivity index (χ0n) is 82.8. The molecule has 2 unspecified atom stereocenters. The molecule has 6 N–H and O–H groups in total. The number of rotatable bonds is 64. The summed E-state index contributed by atoms with van der Waals surface area (Å²) in [7, 11) is -2.52. The van der Waals surface area contributed by atoms with Gasteiger partial charge in [-0.25, -0.2) is 4.79 Å². The number of quaternary nitrogens is 1. The van der Waals surface area contributed by atoms with Gasteiger partial charge in [-0.15, -0.1) is 42.9 Å². The van der Waals surface area contributed by atoms with Crippen LogP contribution in [0.1, 0.15) is 126 Å². The topological polar surface area (TPSA) is 483 Å². The van der Waals surface area contributed by atoms with Crippen LogP contribution in [0.4, 0.5) is 16.2 Å². The first-order valence-electron chi connectivity index (χ1n) is 49.2. The lowest BCUT2D eigenvalue weighted by atomic mass is 9.99. The average molecular weight is 2130 g/mol. The van der Waals surface area contributed by atoms with Crippen LogP contribution < -0.4 is 37.4 Å². The molecule has 0 radical (unpaired) electrons. The number of hydrogen-bond acceptors (Lipinski definition) is 37. The minimum Gasteiger partial charge on any atom is -0.493 e. The Morgan fingerprint density at radius 1 is 0.524 bits per heavy atom. The fourth-order valence-corrected chi connectivity index (χ4v) is 21.3. The normalized spacial score (nSPS) is 20.0. The number of alkyl carbamates (subject to hydrolysis) is 1. The number of hydrogen-bond donors (Lipinski definition) is 6. The van der Waals surface area contributed by atoms with Gasteiger partial charge in [-0.3, -0.25) is 33.7 Å². The number of amides is 3. The van der Waals surface area contributed by atoms with Gasteiger partial charge in [0.15, 0.2) is 46.1 Å². The molecule has 2 fully saturated rings. The number of ether oxygens (including phenoxy) is 18. The fourth-order valence-electron chi connectivity index (χ4n) is 18.0. The van der Waals surface area contributed by atoms with E-state index in [4.69, 9.17) is 104 Å². The Kier molecular flexibility index (Phi) is 42.8. The molecule has 3 amide bonds. The Morgan fingerprint density at radius 2 is 0.980 bits per heavy atom. The van der Waals surface area contributed by atoms with E-state index < -0.39 is 93.0 Å². The predicted molar refractivity (Wildman–Crippen MR) is 536 cm³/mol. The SMILES string of the molecule is COc1cc2c(cc1OCc1cc(COc3cc4c(cc3OC)C(=O)N3Cc5ccsc5C[C@H]3C=N4)cc(C[N+](C)(C)Cc3ccc(OS(=O)(=O)Oc4cc(C(=O)CCCOCCOCCOCCOCCOCCOCCOCCOCCOCCOCCOCCCC(=O)[C@@H](CS(=O)(=O)O)NC(=O)OCC5[C@H]6CCC#CCC[C@@H]56)ccc4OC4O[C@H](CO)[C@H](O)[C@H](O)[C@H]4O)cc3)c1)N=C[C@@H]1Cc3sccc3CN1C2=O. The van der Waals surface area contributed by atoms with E-state index in [0.29, 0.717) is 207 Å². The van der Waals surface area contributed by atoms with E-state index in [2.05, 4.69) is 29.3 Å².